The van der Waals surface area contributed by atoms with Gasteiger partial charge in [-0.25, -0.2) is 0 Å². The van der Waals surface area contributed by atoms with Crippen LogP contribution in [-0.2, 0) is 11.3 Å². The van der Waals surface area contributed by atoms with Crippen LogP contribution in [0.5, 0.6) is 5.75 Å². The van der Waals surface area contributed by atoms with Crippen molar-refractivity contribution in [2.75, 3.05) is 7.11 Å². The van der Waals surface area contributed by atoms with Gasteiger partial charge in [0.2, 0.25) is 11.8 Å². The Hall–Kier alpha value is -2.80. The second kappa shape index (κ2) is 8.73. The maximum atomic E-state index is 12.3. The number of nitrogens with one attached hydrogen (secondary N) is 1. The molecule has 27 heavy (non-hydrogen) atoms. The second-order valence-electron chi connectivity index (χ2n) is 6.07. The van der Waals surface area contributed by atoms with Crippen LogP contribution in [0.1, 0.15) is 18.1 Å². The first-order chi connectivity index (χ1) is 13.0. The first-order valence-corrected chi connectivity index (χ1v) is 9.41. The number of ether oxygens (including phenoxy) is 1. The summed E-state index contributed by atoms with van der Waals surface area (Å²) >= 11 is 1.24. The van der Waals surface area contributed by atoms with E-state index in [4.69, 9.17) is 9.15 Å². The summed E-state index contributed by atoms with van der Waals surface area (Å²) in [5.74, 6) is 1.09. The van der Waals surface area contributed by atoms with E-state index < -0.39 is 0 Å². The van der Waals surface area contributed by atoms with Crippen LogP contribution in [0.4, 0.5) is 0 Å². The van der Waals surface area contributed by atoms with Crippen LogP contribution in [0.25, 0.3) is 11.5 Å². The number of thioether (sulfide) groups is 1. The molecule has 0 unspecified atom stereocenters. The molecule has 3 aromatic rings. The van der Waals surface area contributed by atoms with Crippen molar-refractivity contribution in [1.29, 1.82) is 0 Å². The maximum Gasteiger partial charge on any atom is 0.277 e. The van der Waals surface area contributed by atoms with Crippen molar-refractivity contribution in [1.82, 2.24) is 15.5 Å². The SMILES string of the molecule is COc1ccc(-c2nnc(S[C@@H](C)C(=O)NCc3ccc(C)cc3)o2)cc1. The van der Waals surface area contributed by atoms with E-state index in [1.807, 2.05) is 62.4 Å². The number of methoxy groups -OCH3 is 1. The Morgan fingerprint density at radius 2 is 1.85 bits per heavy atom. The first-order valence-electron chi connectivity index (χ1n) is 8.53. The van der Waals surface area contributed by atoms with Crippen LogP contribution >= 0.6 is 11.8 Å². The minimum atomic E-state index is -0.348. The summed E-state index contributed by atoms with van der Waals surface area (Å²) in [6, 6.07) is 15.4. The Balaban J connectivity index is 1.55. The third-order valence-electron chi connectivity index (χ3n) is 3.98. The zero-order chi connectivity index (χ0) is 19.2. The highest BCUT2D eigenvalue weighted by atomic mass is 32.2. The molecule has 1 N–H and O–H groups in total. The van der Waals surface area contributed by atoms with E-state index in [9.17, 15) is 4.79 Å². The van der Waals surface area contributed by atoms with Gasteiger partial charge in [-0.3, -0.25) is 4.79 Å². The Kier molecular flexibility index (Phi) is 6.13. The van der Waals surface area contributed by atoms with E-state index in [-0.39, 0.29) is 11.2 Å². The molecule has 0 radical (unpaired) electrons. The second-order valence-corrected chi connectivity index (χ2v) is 7.36. The topological polar surface area (TPSA) is 77.2 Å². The lowest BCUT2D eigenvalue weighted by Crippen LogP contribution is -2.30. The number of amides is 1. The summed E-state index contributed by atoms with van der Waals surface area (Å²) in [5, 5.41) is 11.0. The van der Waals surface area contributed by atoms with Gasteiger partial charge in [-0.2, -0.15) is 0 Å². The highest BCUT2D eigenvalue weighted by Gasteiger charge is 2.18. The molecule has 7 heteroatoms. The average Bonchev–Trinajstić information content (AvgIpc) is 3.15. The molecular formula is C20H21N3O3S. The minimum Gasteiger partial charge on any atom is -0.497 e. The normalized spacial score (nSPS) is 11.8. The zero-order valence-electron chi connectivity index (χ0n) is 15.4. The van der Waals surface area contributed by atoms with Crippen molar-refractivity contribution < 1.29 is 13.9 Å². The van der Waals surface area contributed by atoms with Crippen LogP contribution < -0.4 is 10.1 Å². The van der Waals surface area contributed by atoms with Gasteiger partial charge in [-0.15, -0.1) is 10.2 Å². The third-order valence-corrected chi connectivity index (χ3v) is 4.91. The molecule has 0 aliphatic heterocycles. The minimum absolute atomic E-state index is 0.0789. The van der Waals surface area contributed by atoms with Crippen molar-refractivity contribution in [3.05, 3.63) is 59.7 Å². The van der Waals surface area contributed by atoms with Gasteiger partial charge in [0.1, 0.15) is 5.75 Å². The molecule has 3 rings (SSSR count). The number of carbonyl (C=O) groups excluding carboxylic acids is 1. The predicted octanol–water partition coefficient (Wildman–Crippen LogP) is 3.85. The van der Waals surface area contributed by atoms with Gasteiger partial charge >= 0.3 is 0 Å². The lowest BCUT2D eigenvalue weighted by atomic mass is 10.1. The van der Waals surface area contributed by atoms with E-state index >= 15 is 0 Å². The van der Waals surface area contributed by atoms with Gasteiger partial charge in [0.05, 0.1) is 12.4 Å². The zero-order valence-corrected chi connectivity index (χ0v) is 16.2. The number of nitrogens with zero attached hydrogens (tertiary/aromatic N) is 2. The smallest absolute Gasteiger partial charge is 0.277 e. The lowest BCUT2D eigenvalue weighted by molar-refractivity contribution is -0.120. The van der Waals surface area contributed by atoms with Crippen molar-refractivity contribution in [2.24, 2.45) is 0 Å². The van der Waals surface area contributed by atoms with E-state index in [1.165, 1.54) is 17.3 Å². The summed E-state index contributed by atoms with van der Waals surface area (Å²) in [6.45, 7) is 4.34. The molecule has 1 amide bonds. The van der Waals surface area contributed by atoms with Gasteiger partial charge in [0.15, 0.2) is 0 Å². The molecule has 0 bridgehead atoms. The number of hydrogen-bond acceptors (Lipinski definition) is 6. The van der Waals surface area contributed by atoms with Crippen LogP contribution in [-0.4, -0.2) is 28.5 Å². The summed E-state index contributed by atoms with van der Waals surface area (Å²) < 4.78 is 10.8. The largest absolute Gasteiger partial charge is 0.497 e. The standard InChI is InChI=1S/C20H21N3O3S/c1-13-4-6-15(7-5-13)12-21-18(24)14(2)27-20-23-22-19(26-20)16-8-10-17(25-3)11-9-16/h4-11,14H,12H2,1-3H3,(H,21,24)/t14-/m0/s1. The molecule has 1 aromatic heterocycles. The van der Waals surface area contributed by atoms with Crippen molar-refractivity contribution in [3.8, 4) is 17.2 Å². The summed E-state index contributed by atoms with van der Waals surface area (Å²) in [7, 11) is 1.61. The van der Waals surface area contributed by atoms with Gasteiger partial charge in [-0.1, -0.05) is 41.6 Å². The van der Waals surface area contributed by atoms with Gasteiger partial charge in [-0.05, 0) is 43.7 Å². The fraction of sp³-hybridized carbons (Fsp3) is 0.250. The number of aromatic nitrogens is 2. The van der Waals surface area contributed by atoms with Gasteiger partial charge < -0.3 is 14.5 Å². The number of aryl methyl sites for hydroxylation is 1. The molecule has 0 saturated carbocycles. The fourth-order valence-corrected chi connectivity index (χ4v) is 3.06. The maximum absolute atomic E-state index is 12.3. The Morgan fingerprint density at radius 3 is 2.52 bits per heavy atom. The molecule has 0 saturated heterocycles. The van der Waals surface area contributed by atoms with Crippen molar-refractivity contribution in [3.63, 3.8) is 0 Å². The summed E-state index contributed by atoms with van der Waals surface area (Å²) in [6.07, 6.45) is 0. The predicted molar refractivity (Wildman–Crippen MR) is 105 cm³/mol. The third kappa shape index (κ3) is 5.10. The fourth-order valence-electron chi connectivity index (χ4n) is 2.35. The molecule has 6 nitrogen and oxygen atoms in total. The van der Waals surface area contributed by atoms with Crippen LogP contribution in [0.15, 0.2) is 58.2 Å². The summed E-state index contributed by atoms with van der Waals surface area (Å²) in [4.78, 5) is 12.3. The van der Waals surface area contributed by atoms with E-state index in [2.05, 4.69) is 15.5 Å². The Labute approximate surface area is 162 Å². The van der Waals surface area contributed by atoms with Crippen molar-refractivity contribution in [2.45, 2.75) is 30.9 Å². The molecular weight excluding hydrogens is 362 g/mol. The Morgan fingerprint density at radius 1 is 1.15 bits per heavy atom. The molecule has 0 fully saturated rings. The number of hydrogen-bond donors (Lipinski definition) is 1. The molecule has 2 aromatic carbocycles. The molecule has 1 heterocycles. The number of rotatable bonds is 7. The molecule has 0 aliphatic carbocycles. The lowest BCUT2D eigenvalue weighted by Gasteiger charge is -2.10. The molecule has 1 atom stereocenters. The highest BCUT2D eigenvalue weighted by Crippen LogP contribution is 2.27. The van der Waals surface area contributed by atoms with Gasteiger partial charge in [0.25, 0.3) is 5.22 Å². The monoisotopic (exact) mass is 383 g/mol. The van der Waals surface area contributed by atoms with Crippen LogP contribution in [0.3, 0.4) is 0 Å². The Bertz CT molecular complexity index is 892. The van der Waals surface area contributed by atoms with Crippen LogP contribution in [0, 0.1) is 6.92 Å². The highest BCUT2D eigenvalue weighted by molar-refractivity contribution is 8.00. The quantitative estimate of drug-likeness (QED) is 0.625. The summed E-state index contributed by atoms with van der Waals surface area (Å²) in [5.41, 5.74) is 3.05. The van der Waals surface area contributed by atoms with E-state index in [0.29, 0.717) is 17.7 Å². The number of benzene rings is 2. The van der Waals surface area contributed by atoms with E-state index in [1.54, 1.807) is 7.11 Å². The van der Waals surface area contributed by atoms with E-state index in [0.717, 1.165) is 16.9 Å². The van der Waals surface area contributed by atoms with Crippen molar-refractivity contribution >= 4 is 17.7 Å². The first kappa shape index (κ1) is 19.0. The van der Waals surface area contributed by atoms with Gasteiger partial charge in [0, 0.05) is 12.1 Å². The molecule has 0 aliphatic rings. The van der Waals surface area contributed by atoms with Crippen LogP contribution in [0.2, 0.25) is 0 Å². The average molecular weight is 383 g/mol. The molecule has 140 valence electrons. The number of carbonyl (C=O) groups is 1. The molecule has 0 spiro atoms.